The minimum Gasteiger partial charge on any atom is -0.356 e. The van der Waals surface area contributed by atoms with Gasteiger partial charge in [-0.25, -0.2) is 9.18 Å². The number of benzene rings is 2. The molecule has 3 rings (SSSR count). The van der Waals surface area contributed by atoms with Crippen LogP contribution in [-0.4, -0.2) is 18.2 Å². The number of urea groups is 1. The molecule has 23 heavy (non-hydrogen) atoms. The molecule has 3 aromatic rings. The summed E-state index contributed by atoms with van der Waals surface area (Å²) >= 11 is 0. The third-order valence-corrected chi connectivity index (χ3v) is 3.63. The van der Waals surface area contributed by atoms with Gasteiger partial charge in [-0.2, -0.15) is 0 Å². The van der Waals surface area contributed by atoms with Crippen LogP contribution in [0.3, 0.4) is 0 Å². The summed E-state index contributed by atoms with van der Waals surface area (Å²) in [6.07, 6.45) is 0. The molecule has 0 fully saturated rings. The van der Waals surface area contributed by atoms with Gasteiger partial charge in [0.1, 0.15) is 11.5 Å². The van der Waals surface area contributed by atoms with Gasteiger partial charge in [-0.15, -0.1) is 0 Å². The molecule has 0 saturated heterocycles. The quantitative estimate of drug-likeness (QED) is 0.803. The van der Waals surface area contributed by atoms with Crippen LogP contribution in [0.2, 0.25) is 0 Å². The molecule has 0 aliphatic rings. The molecule has 0 atom stereocenters. The van der Waals surface area contributed by atoms with Gasteiger partial charge >= 0.3 is 6.03 Å². The summed E-state index contributed by atoms with van der Waals surface area (Å²) in [6, 6.07) is 11.2. The number of carbonyl (C=O) groups is 1. The lowest BCUT2D eigenvalue weighted by atomic mass is 10.1. The Bertz CT molecular complexity index is 843. The second-order valence-electron chi connectivity index (χ2n) is 5.32. The molecule has 0 bridgehead atoms. The zero-order chi connectivity index (χ0) is 16.4. The molecule has 5 nitrogen and oxygen atoms in total. The van der Waals surface area contributed by atoms with E-state index in [4.69, 9.17) is 4.52 Å². The molecule has 1 heterocycles. The first-order chi connectivity index (χ1) is 11.0. The SMILES string of the molecule is Cc1ccc2onc(CNC(=O)N(C)c3ccc(F)cc3)c2c1. The molecule has 1 N–H and O–H groups in total. The number of aryl methyl sites for hydroxylation is 1. The summed E-state index contributed by atoms with van der Waals surface area (Å²) in [5.41, 5.74) is 3.05. The van der Waals surface area contributed by atoms with Gasteiger partial charge in [0.2, 0.25) is 0 Å². The van der Waals surface area contributed by atoms with Crippen LogP contribution in [-0.2, 0) is 6.54 Å². The van der Waals surface area contributed by atoms with Crippen molar-refractivity contribution in [3.8, 4) is 0 Å². The maximum absolute atomic E-state index is 12.9. The smallest absolute Gasteiger partial charge is 0.321 e. The van der Waals surface area contributed by atoms with E-state index < -0.39 is 0 Å². The largest absolute Gasteiger partial charge is 0.356 e. The van der Waals surface area contributed by atoms with Crippen LogP contribution < -0.4 is 10.2 Å². The Hall–Kier alpha value is -2.89. The third kappa shape index (κ3) is 3.15. The van der Waals surface area contributed by atoms with E-state index >= 15 is 0 Å². The molecule has 2 aromatic carbocycles. The van der Waals surface area contributed by atoms with E-state index in [2.05, 4.69) is 10.5 Å². The molecule has 0 radical (unpaired) electrons. The highest BCUT2D eigenvalue weighted by Gasteiger charge is 2.13. The Morgan fingerprint density at radius 3 is 2.74 bits per heavy atom. The first-order valence-corrected chi connectivity index (χ1v) is 7.16. The van der Waals surface area contributed by atoms with E-state index in [9.17, 15) is 9.18 Å². The Labute approximate surface area is 132 Å². The molecule has 0 spiro atoms. The second kappa shape index (κ2) is 6.08. The number of nitrogens with one attached hydrogen (secondary N) is 1. The normalized spacial score (nSPS) is 10.7. The Kier molecular flexibility index (Phi) is 3.97. The predicted octanol–water partition coefficient (Wildman–Crippen LogP) is 3.62. The maximum atomic E-state index is 12.9. The monoisotopic (exact) mass is 313 g/mol. The molecular weight excluding hydrogens is 297 g/mol. The highest BCUT2D eigenvalue weighted by atomic mass is 19.1. The van der Waals surface area contributed by atoms with Gasteiger partial charge in [0, 0.05) is 18.1 Å². The molecular formula is C17H16FN3O2. The number of fused-ring (bicyclic) bond motifs is 1. The maximum Gasteiger partial charge on any atom is 0.321 e. The number of anilines is 1. The van der Waals surface area contributed by atoms with E-state index in [1.165, 1.54) is 17.0 Å². The number of amides is 2. The predicted molar refractivity (Wildman–Crippen MR) is 85.8 cm³/mol. The Morgan fingerprint density at radius 1 is 1.26 bits per heavy atom. The van der Waals surface area contributed by atoms with Crippen LogP contribution in [0, 0.1) is 12.7 Å². The van der Waals surface area contributed by atoms with Gasteiger partial charge in [-0.05, 0) is 43.3 Å². The topological polar surface area (TPSA) is 58.4 Å². The van der Waals surface area contributed by atoms with Gasteiger partial charge in [-0.1, -0.05) is 16.8 Å². The van der Waals surface area contributed by atoms with E-state index in [1.807, 2.05) is 25.1 Å². The minimum atomic E-state index is -0.341. The molecule has 2 amide bonds. The van der Waals surface area contributed by atoms with Gasteiger partial charge in [0.25, 0.3) is 0 Å². The van der Waals surface area contributed by atoms with E-state index in [0.717, 1.165) is 10.9 Å². The van der Waals surface area contributed by atoms with Crippen molar-refractivity contribution in [2.45, 2.75) is 13.5 Å². The van der Waals surface area contributed by atoms with Crippen molar-refractivity contribution in [2.24, 2.45) is 0 Å². The fourth-order valence-corrected chi connectivity index (χ4v) is 2.29. The van der Waals surface area contributed by atoms with Crippen molar-refractivity contribution < 1.29 is 13.7 Å². The van der Waals surface area contributed by atoms with Crippen molar-refractivity contribution in [3.63, 3.8) is 0 Å². The molecule has 6 heteroatoms. The number of hydrogen-bond acceptors (Lipinski definition) is 3. The van der Waals surface area contributed by atoms with E-state index in [-0.39, 0.29) is 18.4 Å². The fourth-order valence-electron chi connectivity index (χ4n) is 2.29. The van der Waals surface area contributed by atoms with E-state index in [0.29, 0.717) is 17.0 Å². The Balaban J connectivity index is 1.70. The number of hydrogen-bond donors (Lipinski definition) is 1. The van der Waals surface area contributed by atoms with Crippen molar-refractivity contribution in [2.75, 3.05) is 11.9 Å². The van der Waals surface area contributed by atoms with Gasteiger partial charge < -0.3 is 9.84 Å². The highest BCUT2D eigenvalue weighted by Crippen LogP contribution is 2.20. The summed E-state index contributed by atoms with van der Waals surface area (Å²) in [6.45, 7) is 2.23. The molecule has 0 aliphatic carbocycles. The lowest BCUT2D eigenvalue weighted by Crippen LogP contribution is -2.36. The van der Waals surface area contributed by atoms with Crippen molar-refractivity contribution in [3.05, 3.63) is 59.5 Å². The lowest BCUT2D eigenvalue weighted by molar-refractivity contribution is 0.247. The standard InChI is InChI=1S/C17H16FN3O2/c1-11-3-8-16-14(9-11)15(20-23-16)10-19-17(22)21(2)13-6-4-12(18)5-7-13/h3-9H,10H2,1-2H3,(H,19,22). The molecule has 0 unspecified atom stereocenters. The van der Waals surface area contributed by atoms with Crippen molar-refractivity contribution in [1.82, 2.24) is 10.5 Å². The van der Waals surface area contributed by atoms with Crippen LogP contribution in [0.1, 0.15) is 11.3 Å². The number of halogens is 1. The highest BCUT2D eigenvalue weighted by molar-refractivity contribution is 5.91. The van der Waals surface area contributed by atoms with E-state index in [1.54, 1.807) is 19.2 Å². The molecule has 0 aliphatic heterocycles. The summed E-state index contributed by atoms with van der Waals surface area (Å²) in [4.78, 5) is 13.6. The fraction of sp³-hybridized carbons (Fsp3) is 0.176. The number of nitrogens with zero attached hydrogens (tertiary/aromatic N) is 2. The van der Waals surface area contributed by atoms with Gasteiger partial charge in [0.15, 0.2) is 5.58 Å². The van der Waals surface area contributed by atoms with Gasteiger partial charge in [0.05, 0.1) is 6.54 Å². The zero-order valence-corrected chi connectivity index (χ0v) is 12.8. The third-order valence-electron chi connectivity index (χ3n) is 3.63. The van der Waals surface area contributed by atoms with Gasteiger partial charge in [-0.3, -0.25) is 4.90 Å². The summed E-state index contributed by atoms with van der Waals surface area (Å²) in [5.74, 6) is -0.341. The van der Waals surface area contributed by atoms with Crippen molar-refractivity contribution in [1.29, 1.82) is 0 Å². The number of rotatable bonds is 3. The lowest BCUT2D eigenvalue weighted by Gasteiger charge is -2.17. The Morgan fingerprint density at radius 2 is 2.00 bits per heavy atom. The summed E-state index contributed by atoms with van der Waals surface area (Å²) < 4.78 is 18.2. The van der Waals surface area contributed by atoms with Crippen LogP contribution in [0.4, 0.5) is 14.9 Å². The van der Waals surface area contributed by atoms with Crippen LogP contribution in [0.5, 0.6) is 0 Å². The molecule has 118 valence electrons. The number of aromatic nitrogens is 1. The average Bonchev–Trinajstić information content (AvgIpc) is 2.95. The summed E-state index contributed by atoms with van der Waals surface area (Å²) in [5, 5.41) is 7.66. The summed E-state index contributed by atoms with van der Waals surface area (Å²) in [7, 11) is 1.62. The van der Waals surface area contributed by atoms with Crippen molar-refractivity contribution >= 4 is 22.7 Å². The molecule has 0 saturated carbocycles. The second-order valence-corrected chi connectivity index (χ2v) is 5.32. The minimum absolute atomic E-state index is 0.251. The van der Waals surface area contributed by atoms with Crippen LogP contribution in [0.15, 0.2) is 47.0 Å². The molecule has 1 aromatic heterocycles. The first-order valence-electron chi connectivity index (χ1n) is 7.16. The average molecular weight is 313 g/mol. The van der Waals surface area contributed by atoms with Crippen LogP contribution in [0.25, 0.3) is 11.0 Å². The van der Waals surface area contributed by atoms with Crippen LogP contribution >= 0.6 is 0 Å². The number of carbonyl (C=O) groups excluding carboxylic acids is 1. The zero-order valence-electron chi connectivity index (χ0n) is 12.8. The first kappa shape index (κ1) is 15.0.